The summed E-state index contributed by atoms with van der Waals surface area (Å²) >= 11 is 0. The first-order chi connectivity index (χ1) is 9.95. The lowest BCUT2D eigenvalue weighted by Crippen LogP contribution is -2.40. The summed E-state index contributed by atoms with van der Waals surface area (Å²) in [6.45, 7) is 2.84. The summed E-state index contributed by atoms with van der Waals surface area (Å²) in [5.41, 5.74) is -0.891. The summed E-state index contributed by atoms with van der Waals surface area (Å²) in [5, 5.41) is 2.62. The number of hydrogen-bond donors (Lipinski definition) is 1. The highest BCUT2D eigenvalue weighted by Crippen LogP contribution is 2.33. The Labute approximate surface area is 122 Å². The van der Waals surface area contributed by atoms with Crippen LogP contribution in [0.2, 0.25) is 0 Å². The predicted octanol–water partition coefficient (Wildman–Crippen LogP) is 3.70. The van der Waals surface area contributed by atoms with Gasteiger partial charge in [-0.1, -0.05) is 13.3 Å². The van der Waals surface area contributed by atoms with E-state index in [1.54, 1.807) is 0 Å². The molecule has 0 aliphatic carbocycles. The highest BCUT2D eigenvalue weighted by Gasteiger charge is 2.35. The van der Waals surface area contributed by atoms with Gasteiger partial charge in [0, 0.05) is 25.7 Å². The molecule has 0 saturated carbocycles. The Hall–Kier alpha value is -1.53. The fourth-order valence-electron chi connectivity index (χ4n) is 2.77. The normalized spacial score (nSPS) is 19.7. The minimum Gasteiger partial charge on any atom is -0.357 e. The number of nitrogens with one attached hydrogen (secondary N) is 1. The summed E-state index contributed by atoms with van der Waals surface area (Å²) in [4.78, 5) is 9.75. The van der Waals surface area contributed by atoms with Gasteiger partial charge < -0.3 is 10.2 Å². The van der Waals surface area contributed by atoms with Crippen LogP contribution in [-0.2, 0) is 6.18 Å². The molecule has 0 aromatic carbocycles. The summed E-state index contributed by atoms with van der Waals surface area (Å²) in [7, 11) is 1.53. The third-order valence-corrected chi connectivity index (χ3v) is 3.77. The Morgan fingerprint density at radius 3 is 2.71 bits per heavy atom. The van der Waals surface area contributed by atoms with Crippen molar-refractivity contribution in [1.82, 2.24) is 9.97 Å². The van der Waals surface area contributed by atoms with Gasteiger partial charge in [-0.3, -0.25) is 0 Å². The average Bonchev–Trinajstić information content (AvgIpc) is 2.47. The van der Waals surface area contributed by atoms with E-state index in [0.717, 1.165) is 44.7 Å². The van der Waals surface area contributed by atoms with Crippen LogP contribution in [-0.4, -0.2) is 29.6 Å². The molecule has 1 aliphatic rings. The lowest BCUT2D eigenvalue weighted by molar-refractivity contribution is -0.141. The second-order valence-electron chi connectivity index (χ2n) is 5.31. The van der Waals surface area contributed by atoms with Crippen molar-refractivity contribution in [3.8, 4) is 0 Å². The molecule has 1 aromatic rings. The second kappa shape index (κ2) is 6.49. The van der Waals surface area contributed by atoms with Crippen molar-refractivity contribution >= 4 is 11.8 Å². The van der Waals surface area contributed by atoms with Gasteiger partial charge in [0.2, 0.25) is 5.95 Å². The van der Waals surface area contributed by atoms with E-state index in [4.69, 9.17) is 0 Å². The van der Waals surface area contributed by atoms with Crippen LogP contribution in [0, 0.1) is 0 Å². The quantitative estimate of drug-likeness (QED) is 0.921. The molecule has 1 unspecified atom stereocenters. The number of alkyl halides is 3. The SMILES string of the molecule is CCCC1CCCCN1c1cc(C(F)(F)F)nc(NC)n1. The fourth-order valence-corrected chi connectivity index (χ4v) is 2.77. The summed E-state index contributed by atoms with van der Waals surface area (Å²) in [5.74, 6) is 0.389. The van der Waals surface area contributed by atoms with E-state index in [9.17, 15) is 13.2 Å². The number of rotatable bonds is 4. The molecule has 0 amide bonds. The maximum absolute atomic E-state index is 13.0. The van der Waals surface area contributed by atoms with E-state index in [1.165, 1.54) is 7.05 Å². The first kappa shape index (κ1) is 15.9. The average molecular weight is 302 g/mol. The molecular formula is C14H21F3N4. The molecular weight excluding hydrogens is 281 g/mol. The number of anilines is 2. The zero-order valence-electron chi connectivity index (χ0n) is 12.4. The van der Waals surface area contributed by atoms with E-state index in [0.29, 0.717) is 5.82 Å². The maximum atomic E-state index is 13.0. The predicted molar refractivity (Wildman–Crippen MR) is 76.5 cm³/mol. The molecule has 0 radical (unpaired) electrons. The third kappa shape index (κ3) is 3.77. The highest BCUT2D eigenvalue weighted by atomic mass is 19.4. The molecule has 0 bridgehead atoms. The number of aromatic nitrogens is 2. The van der Waals surface area contributed by atoms with Crippen LogP contribution < -0.4 is 10.2 Å². The van der Waals surface area contributed by atoms with Crippen LogP contribution in [0.4, 0.5) is 24.9 Å². The van der Waals surface area contributed by atoms with Crippen LogP contribution >= 0.6 is 0 Å². The summed E-state index contributed by atoms with van der Waals surface area (Å²) < 4.78 is 38.9. The van der Waals surface area contributed by atoms with Crippen molar-refractivity contribution in [3.63, 3.8) is 0 Å². The fraction of sp³-hybridized carbons (Fsp3) is 0.714. The van der Waals surface area contributed by atoms with E-state index in [-0.39, 0.29) is 12.0 Å². The van der Waals surface area contributed by atoms with Gasteiger partial charge in [0.25, 0.3) is 0 Å². The number of nitrogens with zero attached hydrogens (tertiary/aromatic N) is 3. The van der Waals surface area contributed by atoms with Crippen LogP contribution in [0.5, 0.6) is 0 Å². The van der Waals surface area contributed by atoms with Crippen LogP contribution in [0.1, 0.15) is 44.7 Å². The van der Waals surface area contributed by atoms with Crippen LogP contribution in [0.3, 0.4) is 0 Å². The monoisotopic (exact) mass is 302 g/mol. The summed E-state index contributed by atoms with van der Waals surface area (Å²) in [6, 6.07) is 1.33. The van der Waals surface area contributed by atoms with Crippen molar-refractivity contribution < 1.29 is 13.2 Å². The van der Waals surface area contributed by atoms with Crippen LogP contribution in [0.25, 0.3) is 0 Å². The lowest BCUT2D eigenvalue weighted by Gasteiger charge is -2.37. The molecule has 1 N–H and O–H groups in total. The molecule has 1 aliphatic heterocycles. The number of hydrogen-bond acceptors (Lipinski definition) is 4. The van der Waals surface area contributed by atoms with Gasteiger partial charge in [-0.2, -0.15) is 18.2 Å². The van der Waals surface area contributed by atoms with Gasteiger partial charge >= 0.3 is 6.18 Å². The highest BCUT2D eigenvalue weighted by molar-refractivity contribution is 5.46. The van der Waals surface area contributed by atoms with Gasteiger partial charge in [0.05, 0.1) is 0 Å². The largest absolute Gasteiger partial charge is 0.433 e. The standard InChI is InChI=1S/C14H21F3N4/c1-3-6-10-7-4-5-8-21(10)12-9-11(14(15,16)17)19-13(18-2)20-12/h9-10H,3-8H2,1-2H3,(H,18,19,20). The minimum absolute atomic E-state index is 0.0145. The lowest BCUT2D eigenvalue weighted by atomic mass is 9.98. The molecule has 1 saturated heterocycles. The van der Waals surface area contributed by atoms with Gasteiger partial charge in [-0.25, -0.2) is 4.98 Å². The van der Waals surface area contributed by atoms with Crippen molar-refractivity contribution in [2.24, 2.45) is 0 Å². The first-order valence-electron chi connectivity index (χ1n) is 7.36. The molecule has 21 heavy (non-hydrogen) atoms. The van der Waals surface area contributed by atoms with Gasteiger partial charge in [-0.05, 0) is 25.7 Å². The van der Waals surface area contributed by atoms with Gasteiger partial charge in [0.1, 0.15) is 5.82 Å². The molecule has 1 fully saturated rings. The van der Waals surface area contributed by atoms with Gasteiger partial charge in [-0.15, -0.1) is 0 Å². The van der Waals surface area contributed by atoms with Gasteiger partial charge in [0.15, 0.2) is 5.69 Å². The van der Waals surface area contributed by atoms with E-state index >= 15 is 0 Å². The Bertz CT molecular complexity index is 474. The smallest absolute Gasteiger partial charge is 0.357 e. The zero-order valence-corrected chi connectivity index (χ0v) is 12.4. The molecule has 1 atom stereocenters. The molecule has 2 rings (SSSR count). The number of halogens is 3. The van der Waals surface area contributed by atoms with E-state index in [2.05, 4.69) is 22.2 Å². The first-order valence-corrected chi connectivity index (χ1v) is 7.36. The van der Waals surface area contributed by atoms with Crippen LogP contribution in [0.15, 0.2) is 6.07 Å². The van der Waals surface area contributed by atoms with E-state index in [1.807, 2.05) is 4.90 Å². The Morgan fingerprint density at radius 2 is 2.10 bits per heavy atom. The van der Waals surface area contributed by atoms with Crippen molar-refractivity contribution in [2.75, 3.05) is 23.8 Å². The molecule has 0 spiro atoms. The molecule has 7 heteroatoms. The maximum Gasteiger partial charge on any atom is 0.433 e. The Kier molecular flexibility index (Phi) is 4.90. The Balaban J connectivity index is 2.36. The van der Waals surface area contributed by atoms with E-state index < -0.39 is 11.9 Å². The van der Waals surface area contributed by atoms with Crippen molar-refractivity contribution in [2.45, 2.75) is 51.2 Å². The second-order valence-corrected chi connectivity index (χ2v) is 5.31. The number of piperidine rings is 1. The minimum atomic E-state index is -4.46. The van der Waals surface area contributed by atoms with Crippen molar-refractivity contribution in [1.29, 1.82) is 0 Å². The van der Waals surface area contributed by atoms with Crippen molar-refractivity contribution in [3.05, 3.63) is 11.8 Å². The molecule has 1 aromatic heterocycles. The Morgan fingerprint density at radius 1 is 1.33 bits per heavy atom. The summed E-state index contributed by atoms with van der Waals surface area (Å²) in [6.07, 6.45) is 0.642. The molecule has 2 heterocycles. The topological polar surface area (TPSA) is 41.1 Å². The molecule has 4 nitrogen and oxygen atoms in total. The zero-order chi connectivity index (χ0) is 15.5. The molecule has 118 valence electrons. The third-order valence-electron chi connectivity index (χ3n) is 3.77.